The van der Waals surface area contributed by atoms with Gasteiger partial charge < -0.3 is 4.42 Å². The Bertz CT molecular complexity index is 2900. The minimum Gasteiger partial charge on any atom is -0.455 e. The van der Waals surface area contributed by atoms with Crippen LogP contribution in [0.15, 0.2) is 180 Å². The molecule has 0 amide bonds. The van der Waals surface area contributed by atoms with Crippen molar-refractivity contribution in [1.29, 1.82) is 0 Å². The van der Waals surface area contributed by atoms with Crippen molar-refractivity contribution in [3.8, 4) is 56.4 Å². The number of fused-ring (bicyclic) bond motifs is 5. The second-order valence-corrected chi connectivity index (χ2v) is 12.8. The first-order valence-electron chi connectivity index (χ1n) is 17.1. The van der Waals surface area contributed by atoms with Gasteiger partial charge in [0.25, 0.3) is 0 Å². The highest BCUT2D eigenvalue weighted by Gasteiger charge is 2.19. The molecule has 4 nitrogen and oxygen atoms in total. The monoisotopic (exact) mass is 651 g/mol. The van der Waals surface area contributed by atoms with Crippen molar-refractivity contribution >= 4 is 43.5 Å². The highest BCUT2D eigenvalue weighted by atomic mass is 16.3. The van der Waals surface area contributed by atoms with Gasteiger partial charge in [-0.3, -0.25) is 0 Å². The standard InChI is InChI=1S/C47H29N3O/c1-3-13-32(14-4-1)42-38-19-10-9-18-36(38)29-41-40-21-11-20-39(43(40)51-44(41)42)31-23-25-34(26-24-31)46-48-45(33-15-5-2-6-16-33)49-47(50-46)37-27-22-30-12-7-8-17-35(30)28-37/h1-29H. The van der Waals surface area contributed by atoms with Crippen molar-refractivity contribution in [2.24, 2.45) is 0 Å². The molecule has 0 atom stereocenters. The molecule has 0 aliphatic carbocycles. The van der Waals surface area contributed by atoms with E-state index in [1.54, 1.807) is 0 Å². The normalized spacial score (nSPS) is 11.5. The number of benzene rings is 8. The smallest absolute Gasteiger partial charge is 0.164 e. The van der Waals surface area contributed by atoms with Crippen LogP contribution in [-0.4, -0.2) is 15.0 Å². The van der Waals surface area contributed by atoms with Crippen molar-refractivity contribution in [2.45, 2.75) is 0 Å². The first-order chi connectivity index (χ1) is 25.3. The van der Waals surface area contributed by atoms with Gasteiger partial charge in [0.15, 0.2) is 17.5 Å². The fourth-order valence-electron chi connectivity index (χ4n) is 7.19. The fourth-order valence-corrected chi connectivity index (χ4v) is 7.19. The van der Waals surface area contributed by atoms with Crippen molar-refractivity contribution in [2.75, 3.05) is 0 Å². The van der Waals surface area contributed by atoms with Crippen LogP contribution in [0.5, 0.6) is 0 Å². The average molecular weight is 652 g/mol. The van der Waals surface area contributed by atoms with Gasteiger partial charge in [-0.1, -0.05) is 164 Å². The SMILES string of the molecule is c1ccc(-c2nc(-c3ccc(-c4cccc5c4oc4c(-c6ccccc6)c6ccccc6cc45)cc3)nc(-c3ccc4ccccc4c3)n2)cc1. The van der Waals surface area contributed by atoms with E-state index in [0.29, 0.717) is 17.5 Å². The highest BCUT2D eigenvalue weighted by Crippen LogP contribution is 2.43. The van der Waals surface area contributed by atoms with Gasteiger partial charge in [-0.15, -0.1) is 0 Å². The lowest BCUT2D eigenvalue weighted by atomic mass is 9.95. The third kappa shape index (κ3) is 5.04. The number of aromatic nitrogens is 3. The van der Waals surface area contributed by atoms with E-state index in [-0.39, 0.29) is 0 Å². The molecule has 0 saturated heterocycles. The maximum atomic E-state index is 6.87. The maximum Gasteiger partial charge on any atom is 0.164 e. The van der Waals surface area contributed by atoms with Crippen LogP contribution in [0.25, 0.3) is 99.9 Å². The topological polar surface area (TPSA) is 51.8 Å². The summed E-state index contributed by atoms with van der Waals surface area (Å²) in [4.78, 5) is 14.9. The zero-order valence-corrected chi connectivity index (χ0v) is 27.5. The third-order valence-corrected chi connectivity index (χ3v) is 9.70. The molecule has 0 bridgehead atoms. The largest absolute Gasteiger partial charge is 0.455 e. The van der Waals surface area contributed by atoms with E-state index >= 15 is 0 Å². The molecule has 8 aromatic carbocycles. The Morgan fingerprint density at radius 1 is 0.314 bits per heavy atom. The molecule has 0 radical (unpaired) electrons. The Hall–Kier alpha value is -6.91. The van der Waals surface area contributed by atoms with E-state index in [1.165, 1.54) is 16.2 Å². The van der Waals surface area contributed by atoms with Crippen LogP contribution in [0.1, 0.15) is 0 Å². The summed E-state index contributed by atoms with van der Waals surface area (Å²) >= 11 is 0. The average Bonchev–Trinajstić information content (AvgIpc) is 3.58. The summed E-state index contributed by atoms with van der Waals surface area (Å²) in [7, 11) is 0. The summed E-state index contributed by atoms with van der Waals surface area (Å²) in [6.45, 7) is 0. The Morgan fingerprint density at radius 3 is 1.61 bits per heavy atom. The van der Waals surface area contributed by atoms with Crippen LogP contribution in [-0.2, 0) is 0 Å². The molecule has 10 rings (SSSR count). The number of para-hydroxylation sites is 1. The predicted molar refractivity (Wildman–Crippen MR) is 209 cm³/mol. The van der Waals surface area contributed by atoms with Gasteiger partial charge in [0.2, 0.25) is 0 Å². The van der Waals surface area contributed by atoms with Gasteiger partial charge in [0.1, 0.15) is 11.2 Å². The number of hydrogen-bond donors (Lipinski definition) is 0. The van der Waals surface area contributed by atoms with Gasteiger partial charge in [-0.05, 0) is 44.8 Å². The van der Waals surface area contributed by atoms with E-state index in [9.17, 15) is 0 Å². The summed E-state index contributed by atoms with van der Waals surface area (Å²) < 4.78 is 6.87. The second-order valence-electron chi connectivity index (χ2n) is 12.8. The zero-order valence-electron chi connectivity index (χ0n) is 27.5. The Labute approximate surface area is 294 Å². The van der Waals surface area contributed by atoms with Crippen LogP contribution in [0.4, 0.5) is 0 Å². The number of hydrogen-bond acceptors (Lipinski definition) is 4. The molecule has 51 heavy (non-hydrogen) atoms. The zero-order chi connectivity index (χ0) is 33.7. The van der Waals surface area contributed by atoms with Crippen molar-refractivity contribution in [3.05, 3.63) is 176 Å². The summed E-state index contributed by atoms with van der Waals surface area (Å²) in [5, 5.41) is 6.90. The van der Waals surface area contributed by atoms with Crippen LogP contribution >= 0.6 is 0 Å². The fraction of sp³-hybridized carbons (Fsp3) is 0. The van der Waals surface area contributed by atoms with Crippen molar-refractivity contribution in [3.63, 3.8) is 0 Å². The molecule has 0 aliphatic heterocycles. The van der Waals surface area contributed by atoms with Gasteiger partial charge in [0.05, 0.1) is 0 Å². The minimum absolute atomic E-state index is 0.625. The lowest BCUT2D eigenvalue weighted by Crippen LogP contribution is -2.00. The van der Waals surface area contributed by atoms with Crippen LogP contribution in [0.3, 0.4) is 0 Å². The van der Waals surface area contributed by atoms with Crippen LogP contribution < -0.4 is 0 Å². The molecular weight excluding hydrogens is 623 g/mol. The second kappa shape index (κ2) is 11.9. The first kappa shape index (κ1) is 29.0. The summed E-state index contributed by atoms with van der Waals surface area (Å²) in [5.41, 5.74) is 8.93. The molecule has 2 heterocycles. The van der Waals surface area contributed by atoms with E-state index in [2.05, 4.69) is 146 Å². The lowest BCUT2D eigenvalue weighted by molar-refractivity contribution is 0.671. The molecule has 0 N–H and O–H groups in total. The van der Waals surface area contributed by atoms with E-state index in [4.69, 9.17) is 19.4 Å². The van der Waals surface area contributed by atoms with Crippen LogP contribution in [0, 0.1) is 0 Å². The molecule has 238 valence electrons. The molecule has 10 aromatic rings. The van der Waals surface area contributed by atoms with Gasteiger partial charge in [-0.2, -0.15) is 0 Å². The Balaban J connectivity index is 1.10. The third-order valence-electron chi connectivity index (χ3n) is 9.70. The van der Waals surface area contributed by atoms with Crippen molar-refractivity contribution < 1.29 is 4.42 Å². The molecule has 2 aromatic heterocycles. The molecular formula is C47H29N3O. The first-order valence-corrected chi connectivity index (χ1v) is 17.1. The van der Waals surface area contributed by atoms with E-state index in [0.717, 1.165) is 66.3 Å². The Kier molecular flexibility index (Phi) is 6.78. The quantitative estimate of drug-likeness (QED) is 0.186. The van der Waals surface area contributed by atoms with Gasteiger partial charge >= 0.3 is 0 Å². The summed E-state index contributed by atoms with van der Waals surface area (Å²) in [6, 6.07) is 61.0. The molecule has 0 saturated carbocycles. The number of nitrogens with zero attached hydrogens (tertiary/aromatic N) is 3. The summed E-state index contributed by atoms with van der Waals surface area (Å²) in [6.07, 6.45) is 0. The predicted octanol–water partition coefficient (Wildman–Crippen LogP) is 12.4. The molecule has 4 heteroatoms. The van der Waals surface area contributed by atoms with E-state index < -0.39 is 0 Å². The van der Waals surface area contributed by atoms with Gasteiger partial charge in [0, 0.05) is 38.6 Å². The maximum absolute atomic E-state index is 6.87. The molecule has 0 unspecified atom stereocenters. The summed E-state index contributed by atoms with van der Waals surface area (Å²) in [5.74, 6) is 1.91. The van der Waals surface area contributed by atoms with Gasteiger partial charge in [-0.25, -0.2) is 15.0 Å². The Morgan fingerprint density at radius 2 is 0.863 bits per heavy atom. The van der Waals surface area contributed by atoms with E-state index in [1.807, 2.05) is 30.3 Å². The lowest BCUT2D eigenvalue weighted by Gasteiger charge is -2.10. The molecule has 0 fully saturated rings. The number of rotatable bonds is 5. The minimum atomic E-state index is 0.625. The highest BCUT2D eigenvalue weighted by molar-refractivity contribution is 6.19. The van der Waals surface area contributed by atoms with Crippen LogP contribution in [0.2, 0.25) is 0 Å². The number of furan rings is 1. The van der Waals surface area contributed by atoms with Crippen molar-refractivity contribution in [1.82, 2.24) is 15.0 Å². The molecule has 0 spiro atoms. The molecule has 0 aliphatic rings.